The SMILES string of the molecule is O=C1Nc2ccccc2[C@@H]1c1c[nH]c2ccccc12. The second-order valence-electron chi connectivity index (χ2n) is 4.80. The zero-order valence-electron chi connectivity index (χ0n) is 10.2. The number of para-hydroxylation sites is 2. The van der Waals surface area contributed by atoms with Crippen molar-refractivity contribution in [2.24, 2.45) is 0 Å². The number of benzene rings is 2. The van der Waals surface area contributed by atoms with Crippen molar-refractivity contribution in [3.8, 4) is 0 Å². The first kappa shape index (κ1) is 10.4. The summed E-state index contributed by atoms with van der Waals surface area (Å²) in [7, 11) is 0. The van der Waals surface area contributed by atoms with Gasteiger partial charge in [-0.15, -0.1) is 0 Å². The molecule has 0 saturated carbocycles. The van der Waals surface area contributed by atoms with Crippen molar-refractivity contribution in [1.82, 2.24) is 4.98 Å². The Labute approximate surface area is 110 Å². The molecule has 1 aliphatic rings. The predicted octanol–water partition coefficient (Wildman–Crippen LogP) is 3.25. The number of aromatic amines is 1. The van der Waals surface area contributed by atoms with E-state index >= 15 is 0 Å². The molecular formula is C16H12N2O. The van der Waals surface area contributed by atoms with Gasteiger partial charge >= 0.3 is 0 Å². The van der Waals surface area contributed by atoms with Crippen LogP contribution in [0.2, 0.25) is 0 Å². The maximum absolute atomic E-state index is 12.2. The van der Waals surface area contributed by atoms with Gasteiger partial charge in [0, 0.05) is 22.8 Å². The summed E-state index contributed by atoms with van der Waals surface area (Å²) < 4.78 is 0. The van der Waals surface area contributed by atoms with Crippen molar-refractivity contribution >= 4 is 22.5 Å². The van der Waals surface area contributed by atoms with E-state index in [2.05, 4.69) is 16.4 Å². The fraction of sp³-hybridized carbons (Fsp3) is 0.0625. The molecule has 0 spiro atoms. The average molecular weight is 248 g/mol. The third-order valence-electron chi connectivity index (χ3n) is 3.72. The highest BCUT2D eigenvalue weighted by Crippen LogP contribution is 2.39. The van der Waals surface area contributed by atoms with Gasteiger partial charge in [0.1, 0.15) is 0 Å². The van der Waals surface area contributed by atoms with Crippen LogP contribution in [0.5, 0.6) is 0 Å². The van der Waals surface area contributed by atoms with Crippen LogP contribution >= 0.6 is 0 Å². The third kappa shape index (κ3) is 1.41. The minimum Gasteiger partial charge on any atom is -0.361 e. The average Bonchev–Trinajstić information content (AvgIpc) is 2.98. The van der Waals surface area contributed by atoms with Crippen LogP contribution in [0, 0.1) is 0 Å². The number of fused-ring (bicyclic) bond motifs is 2. The van der Waals surface area contributed by atoms with Gasteiger partial charge in [0.2, 0.25) is 5.91 Å². The summed E-state index contributed by atoms with van der Waals surface area (Å²) in [6.07, 6.45) is 1.94. The highest BCUT2D eigenvalue weighted by Gasteiger charge is 2.32. The molecule has 0 radical (unpaired) electrons. The van der Waals surface area contributed by atoms with Gasteiger partial charge in [-0.3, -0.25) is 4.79 Å². The van der Waals surface area contributed by atoms with Crippen molar-refractivity contribution in [2.45, 2.75) is 5.92 Å². The normalized spacial score (nSPS) is 17.5. The molecule has 2 aromatic carbocycles. The number of rotatable bonds is 1. The van der Waals surface area contributed by atoms with Gasteiger partial charge in [-0.25, -0.2) is 0 Å². The third-order valence-corrected chi connectivity index (χ3v) is 3.72. The number of hydrogen-bond donors (Lipinski definition) is 2. The van der Waals surface area contributed by atoms with E-state index in [9.17, 15) is 4.79 Å². The van der Waals surface area contributed by atoms with Crippen LogP contribution in [0.15, 0.2) is 54.7 Å². The van der Waals surface area contributed by atoms with Crippen LogP contribution < -0.4 is 5.32 Å². The molecule has 0 bridgehead atoms. The van der Waals surface area contributed by atoms with Crippen molar-refractivity contribution in [3.63, 3.8) is 0 Å². The Morgan fingerprint density at radius 1 is 0.895 bits per heavy atom. The molecule has 19 heavy (non-hydrogen) atoms. The largest absolute Gasteiger partial charge is 0.361 e. The topological polar surface area (TPSA) is 44.9 Å². The van der Waals surface area contributed by atoms with Crippen LogP contribution in [0.4, 0.5) is 5.69 Å². The first-order valence-corrected chi connectivity index (χ1v) is 6.30. The Kier molecular flexibility index (Phi) is 2.03. The minimum absolute atomic E-state index is 0.0472. The van der Waals surface area contributed by atoms with Gasteiger partial charge in [0.15, 0.2) is 0 Å². The Hall–Kier alpha value is -2.55. The number of aromatic nitrogens is 1. The number of amides is 1. The maximum Gasteiger partial charge on any atom is 0.236 e. The second-order valence-corrected chi connectivity index (χ2v) is 4.80. The lowest BCUT2D eigenvalue weighted by Gasteiger charge is -2.07. The van der Waals surface area contributed by atoms with E-state index in [1.807, 2.05) is 48.7 Å². The zero-order valence-corrected chi connectivity index (χ0v) is 10.2. The fourth-order valence-electron chi connectivity index (χ4n) is 2.85. The molecular weight excluding hydrogens is 236 g/mol. The number of H-pyrrole nitrogens is 1. The van der Waals surface area contributed by atoms with E-state index in [4.69, 9.17) is 0 Å². The Balaban J connectivity index is 1.95. The number of hydrogen-bond acceptors (Lipinski definition) is 1. The molecule has 4 rings (SSSR count). The van der Waals surface area contributed by atoms with E-state index in [0.29, 0.717) is 0 Å². The highest BCUT2D eigenvalue weighted by molar-refractivity contribution is 6.07. The monoisotopic (exact) mass is 248 g/mol. The molecule has 92 valence electrons. The summed E-state index contributed by atoms with van der Waals surface area (Å²) in [5.41, 5.74) is 4.08. The van der Waals surface area contributed by atoms with E-state index < -0.39 is 0 Å². The van der Waals surface area contributed by atoms with Crippen LogP contribution in [0.1, 0.15) is 17.0 Å². The zero-order chi connectivity index (χ0) is 12.8. The van der Waals surface area contributed by atoms with Gasteiger partial charge < -0.3 is 10.3 Å². The number of carbonyl (C=O) groups excluding carboxylic acids is 1. The van der Waals surface area contributed by atoms with E-state index in [1.165, 1.54) is 0 Å². The summed E-state index contributed by atoms with van der Waals surface area (Å²) >= 11 is 0. The Morgan fingerprint density at radius 2 is 1.68 bits per heavy atom. The van der Waals surface area contributed by atoms with Gasteiger partial charge in [0.25, 0.3) is 0 Å². The van der Waals surface area contributed by atoms with Crippen molar-refractivity contribution in [3.05, 3.63) is 65.9 Å². The summed E-state index contributed by atoms with van der Waals surface area (Å²) in [5.74, 6) is -0.168. The van der Waals surface area contributed by atoms with Crippen LogP contribution in [-0.4, -0.2) is 10.9 Å². The first-order valence-electron chi connectivity index (χ1n) is 6.30. The first-order chi connectivity index (χ1) is 9.34. The standard InChI is InChI=1S/C16H12N2O/c19-16-15(11-6-2-4-8-14(11)18-16)12-9-17-13-7-3-1-5-10(12)13/h1-9,15,17H,(H,18,19)/t15-/m1/s1. The quantitative estimate of drug-likeness (QED) is 0.682. The van der Waals surface area contributed by atoms with Gasteiger partial charge in [0.05, 0.1) is 5.92 Å². The second kappa shape index (κ2) is 3.72. The molecule has 3 heteroatoms. The summed E-state index contributed by atoms with van der Waals surface area (Å²) in [6.45, 7) is 0. The van der Waals surface area contributed by atoms with Crippen molar-refractivity contribution in [2.75, 3.05) is 5.32 Å². The minimum atomic E-state index is -0.215. The Morgan fingerprint density at radius 3 is 2.63 bits per heavy atom. The lowest BCUT2D eigenvalue weighted by molar-refractivity contribution is -0.116. The number of carbonyl (C=O) groups is 1. The molecule has 0 fully saturated rings. The predicted molar refractivity (Wildman–Crippen MR) is 75.2 cm³/mol. The fourth-order valence-corrected chi connectivity index (χ4v) is 2.85. The number of anilines is 1. The molecule has 2 heterocycles. The van der Waals surface area contributed by atoms with E-state index in [-0.39, 0.29) is 11.8 Å². The van der Waals surface area contributed by atoms with E-state index in [1.54, 1.807) is 0 Å². The smallest absolute Gasteiger partial charge is 0.236 e. The molecule has 2 N–H and O–H groups in total. The summed E-state index contributed by atoms with van der Waals surface area (Å²) in [6, 6.07) is 15.9. The summed E-state index contributed by atoms with van der Waals surface area (Å²) in [4.78, 5) is 15.5. The van der Waals surface area contributed by atoms with Gasteiger partial charge in [-0.05, 0) is 23.3 Å². The van der Waals surface area contributed by atoms with Crippen LogP contribution in [0.3, 0.4) is 0 Å². The van der Waals surface area contributed by atoms with Crippen molar-refractivity contribution < 1.29 is 4.79 Å². The van der Waals surface area contributed by atoms with Crippen LogP contribution in [-0.2, 0) is 4.79 Å². The lowest BCUT2D eigenvalue weighted by Crippen LogP contribution is -2.12. The maximum atomic E-state index is 12.2. The Bertz CT molecular complexity index is 788. The molecule has 1 aromatic heterocycles. The molecule has 0 aliphatic carbocycles. The molecule has 1 atom stereocenters. The van der Waals surface area contributed by atoms with Crippen LogP contribution in [0.25, 0.3) is 10.9 Å². The molecule has 0 saturated heterocycles. The molecule has 1 aliphatic heterocycles. The highest BCUT2D eigenvalue weighted by atomic mass is 16.2. The lowest BCUT2D eigenvalue weighted by atomic mass is 9.92. The summed E-state index contributed by atoms with van der Waals surface area (Å²) in [5, 5.41) is 4.06. The molecule has 3 nitrogen and oxygen atoms in total. The van der Waals surface area contributed by atoms with E-state index in [0.717, 1.165) is 27.7 Å². The molecule has 0 unspecified atom stereocenters. The van der Waals surface area contributed by atoms with Crippen molar-refractivity contribution in [1.29, 1.82) is 0 Å². The van der Waals surface area contributed by atoms with Gasteiger partial charge in [-0.1, -0.05) is 36.4 Å². The molecule has 3 aromatic rings. The molecule has 1 amide bonds. The van der Waals surface area contributed by atoms with Gasteiger partial charge in [-0.2, -0.15) is 0 Å². The number of nitrogens with one attached hydrogen (secondary N) is 2.